The minimum Gasteiger partial charge on any atom is -0.277 e. The van der Waals surface area contributed by atoms with Gasteiger partial charge in [-0.15, -0.1) is 11.8 Å². The first-order chi connectivity index (χ1) is 3.43. The van der Waals surface area contributed by atoms with Crippen LogP contribution in [-0.2, 0) is 0 Å². The van der Waals surface area contributed by atoms with E-state index in [4.69, 9.17) is 0 Å². The molecule has 0 aromatic carbocycles. The summed E-state index contributed by atoms with van der Waals surface area (Å²) in [6.45, 7) is 0.821. The van der Waals surface area contributed by atoms with E-state index in [2.05, 4.69) is 15.8 Å². The van der Waals surface area contributed by atoms with Gasteiger partial charge in [0.05, 0.1) is 6.54 Å². The molecule has 1 unspecified atom stereocenters. The van der Waals surface area contributed by atoms with Crippen molar-refractivity contribution in [3.63, 3.8) is 0 Å². The zero-order valence-electron chi connectivity index (χ0n) is 4.09. The quantitative estimate of drug-likeness (QED) is 0.547. The number of nitrogens with one attached hydrogen (secondary N) is 1. The second-order valence-electron chi connectivity index (χ2n) is 1.28. The van der Waals surface area contributed by atoms with Crippen LogP contribution in [0.1, 0.15) is 0 Å². The van der Waals surface area contributed by atoms with Gasteiger partial charge < -0.3 is 0 Å². The largest absolute Gasteiger partial charge is 0.277 e. The Bertz CT molecular complexity index is 74.2. The minimum atomic E-state index is 0.431. The summed E-state index contributed by atoms with van der Waals surface area (Å²) in [5.74, 6) is 0. The minimum absolute atomic E-state index is 0.431. The topological polar surface area (TPSA) is 36.8 Å². The molecule has 4 heteroatoms. The molecular weight excluding hydrogens is 110 g/mol. The lowest BCUT2D eigenvalue weighted by molar-refractivity contribution is 0.784. The van der Waals surface area contributed by atoms with E-state index in [0.717, 1.165) is 6.54 Å². The summed E-state index contributed by atoms with van der Waals surface area (Å²) < 4.78 is 0. The predicted molar refractivity (Wildman–Crippen MR) is 30.2 cm³/mol. The zero-order valence-corrected chi connectivity index (χ0v) is 4.90. The molecule has 0 bridgehead atoms. The molecule has 0 aromatic rings. The van der Waals surface area contributed by atoms with E-state index in [1.54, 1.807) is 11.8 Å². The number of nitrogens with zero attached hydrogens (tertiary/aromatic N) is 2. The molecular formula is C3H7N3S. The first kappa shape index (κ1) is 4.90. The molecule has 7 heavy (non-hydrogen) atoms. The first-order valence-electron chi connectivity index (χ1n) is 2.08. The molecule has 1 N–H and O–H groups in total. The van der Waals surface area contributed by atoms with E-state index in [0.29, 0.717) is 5.37 Å². The SMILES string of the molecule is CSC1CN=NN1. The maximum atomic E-state index is 3.73. The maximum Gasteiger partial charge on any atom is 0.112 e. The Hall–Kier alpha value is -0.250. The second-order valence-corrected chi connectivity index (χ2v) is 2.32. The molecule has 0 aromatic heterocycles. The monoisotopic (exact) mass is 117 g/mol. The molecule has 1 atom stereocenters. The van der Waals surface area contributed by atoms with Crippen molar-refractivity contribution in [2.75, 3.05) is 12.8 Å². The summed E-state index contributed by atoms with van der Waals surface area (Å²) in [5.41, 5.74) is 2.83. The van der Waals surface area contributed by atoms with Crippen molar-refractivity contribution in [2.24, 2.45) is 10.3 Å². The molecule has 1 aliphatic heterocycles. The lowest BCUT2D eigenvalue weighted by atomic mass is 10.7. The van der Waals surface area contributed by atoms with E-state index >= 15 is 0 Å². The molecule has 40 valence electrons. The third-order valence-corrected chi connectivity index (χ3v) is 1.63. The van der Waals surface area contributed by atoms with Crippen LogP contribution in [0.4, 0.5) is 0 Å². The molecule has 0 amide bonds. The average molecular weight is 117 g/mol. The van der Waals surface area contributed by atoms with Crippen molar-refractivity contribution in [3.8, 4) is 0 Å². The van der Waals surface area contributed by atoms with Crippen molar-refractivity contribution in [2.45, 2.75) is 5.37 Å². The lowest BCUT2D eigenvalue weighted by Crippen LogP contribution is -2.16. The van der Waals surface area contributed by atoms with Crippen LogP contribution in [0.25, 0.3) is 0 Å². The molecule has 3 nitrogen and oxygen atoms in total. The Morgan fingerprint density at radius 3 is 3.00 bits per heavy atom. The van der Waals surface area contributed by atoms with Gasteiger partial charge in [-0.2, -0.15) is 5.11 Å². The van der Waals surface area contributed by atoms with E-state index in [9.17, 15) is 0 Å². The molecule has 1 aliphatic rings. The summed E-state index contributed by atoms with van der Waals surface area (Å²) in [6, 6.07) is 0. The van der Waals surface area contributed by atoms with Crippen LogP contribution in [0.15, 0.2) is 10.3 Å². The third kappa shape index (κ3) is 1.06. The van der Waals surface area contributed by atoms with Crippen molar-refractivity contribution in [1.82, 2.24) is 5.43 Å². The van der Waals surface area contributed by atoms with Gasteiger partial charge in [-0.1, -0.05) is 5.22 Å². The average Bonchev–Trinajstić information content (AvgIpc) is 2.14. The summed E-state index contributed by atoms with van der Waals surface area (Å²) in [7, 11) is 0. The standard InChI is InChI=1S/C3H7N3S/c1-7-3-2-4-6-5-3/h3H,2H2,1H3,(H,4,5). The van der Waals surface area contributed by atoms with Crippen molar-refractivity contribution in [1.29, 1.82) is 0 Å². The van der Waals surface area contributed by atoms with Crippen LogP contribution in [0, 0.1) is 0 Å². The van der Waals surface area contributed by atoms with Gasteiger partial charge in [-0.05, 0) is 6.26 Å². The van der Waals surface area contributed by atoms with Crippen LogP contribution >= 0.6 is 11.8 Å². The summed E-state index contributed by atoms with van der Waals surface area (Å²) in [5, 5.41) is 7.75. The molecule has 0 spiro atoms. The smallest absolute Gasteiger partial charge is 0.112 e. The van der Waals surface area contributed by atoms with Gasteiger partial charge >= 0.3 is 0 Å². The van der Waals surface area contributed by atoms with Gasteiger partial charge in [0.1, 0.15) is 5.37 Å². The predicted octanol–water partition coefficient (Wildman–Crippen LogP) is 0.646. The summed E-state index contributed by atoms with van der Waals surface area (Å²) >= 11 is 1.73. The Morgan fingerprint density at radius 2 is 2.71 bits per heavy atom. The number of rotatable bonds is 1. The van der Waals surface area contributed by atoms with Gasteiger partial charge in [0, 0.05) is 0 Å². The summed E-state index contributed by atoms with van der Waals surface area (Å²) in [6.07, 6.45) is 2.04. The van der Waals surface area contributed by atoms with Crippen LogP contribution in [-0.4, -0.2) is 18.2 Å². The van der Waals surface area contributed by atoms with Crippen LogP contribution < -0.4 is 5.43 Å². The highest BCUT2D eigenvalue weighted by Gasteiger charge is 2.07. The Labute approximate surface area is 46.6 Å². The van der Waals surface area contributed by atoms with E-state index in [1.807, 2.05) is 6.26 Å². The fourth-order valence-electron chi connectivity index (χ4n) is 0.388. The van der Waals surface area contributed by atoms with Crippen molar-refractivity contribution < 1.29 is 0 Å². The third-order valence-electron chi connectivity index (χ3n) is 0.804. The van der Waals surface area contributed by atoms with E-state index in [1.165, 1.54) is 0 Å². The van der Waals surface area contributed by atoms with Crippen molar-refractivity contribution in [3.05, 3.63) is 0 Å². The lowest BCUT2D eigenvalue weighted by Gasteiger charge is -1.99. The molecule has 0 radical (unpaired) electrons. The van der Waals surface area contributed by atoms with Crippen LogP contribution in [0.2, 0.25) is 0 Å². The van der Waals surface area contributed by atoms with Gasteiger partial charge in [0.2, 0.25) is 0 Å². The maximum absolute atomic E-state index is 3.73. The van der Waals surface area contributed by atoms with E-state index in [-0.39, 0.29) is 0 Å². The highest BCUT2D eigenvalue weighted by Crippen LogP contribution is 2.06. The number of hydrogen-bond acceptors (Lipinski definition) is 4. The van der Waals surface area contributed by atoms with Crippen molar-refractivity contribution >= 4 is 11.8 Å². The molecule has 0 aliphatic carbocycles. The number of thioether (sulfide) groups is 1. The fraction of sp³-hybridized carbons (Fsp3) is 1.00. The molecule has 0 saturated carbocycles. The van der Waals surface area contributed by atoms with Crippen LogP contribution in [0.3, 0.4) is 0 Å². The Kier molecular flexibility index (Phi) is 1.51. The second kappa shape index (κ2) is 2.16. The zero-order chi connectivity index (χ0) is 5.11. The highest BCUT2D eigenvalue weighted by atomic mass is 32.2. The Balaban J connectivity index is 2.22. The normalized spacial score (nSPS) is 27.9. The first-order valence-corrected chi connectivity index (χ1v) is 3.37. The van der Waals surface area contributed by atoms with Gasteiger partial charge in [0.15, 0.2) is 0 Å². The highest BCUT2D eigenvalue weighted by molar-refractivity contribution is 7.99. The fourth-order valence-corrected chi connectivity index (χ4v) is 0.757. The van der Waals surface area contributed by atoms with Crippen LogP contribution in [0.5, 0.6) is 0 Å². The van der Waals surface area contributed by atoms with E-state index < -0.39 is 0 Å². The Morgan fingerprint density at radius 1 is 1.86 bits per heavy atom. The number of hydrogen-bond donors (Lipinski definition) is 1. The van der Waals surface area contributed by atoms with Gasteiger partial charge in [-0.25, -0.2) is 0 Å². The molecule has 0 saturated heterocycles. The summed E-state index contributed by atoms with van der Waals surface area (Å²) in [4.78, 5) is 0. The van der Waals surface area contributed by atoms with Gasteiger partial charge in [-0.3, -0.25) is 5.43 Å². The molecule has 0 fully saturated rings. The molecule has 1 heterocycles. The molecule has 1 rings (SSSR count). The van der Waals surface area contributed by atoms with Gasteiger partial charge in [0.25, 0.3) is 0 Å².